The van der Waals surface area contributed by atoms with E-state index in [2.05, 4.69) is 15.1 Å². The summed E-state index contributed by atoms with van der Waals surface area (Å²) in [5.41, 5.74) is 2.88. The lowest BCUT2D eigenvalue weighted by molar-refractivity contribution is -0.112. The molecule has 1 N–H and O–H groups in total. The Morgan fingerprint density at radius 2 is 2.04 bits per heavy atom. The molecule has 2 aromatic heterocycles. The van der Waals surface area contributed by atoms with Crippen molar-refractivity contribution in [2.24, 2.45) is 5.16 Å². The summed E-state index contributed by atoms with van der Waals surface area (Å²) in [4.78, 5) is 23.0. The maximum atomic E-state index is 12.7. The van der Waals surface area contributed by atoms with Gasteiger partial charge in [0.05, 0.1) is 36.1 Å². The second-order valence-corrected chi connectivity index (χ2v) is 6.30. The van der Waals surface area contributed by atoms with Crippen LogP contribution in [0.3, 0.4) is 0 Å². The van der Waals surface area contributed by atoms with E-state index in [4.69, 9.17) is 0 Å². The smallest absolute Gasteiger partial charge is 0.281 e. The van der Waals surface area contributed by atoms with Crippen molar-refractivity contribution in [3.05, 3.63) is 54.1 Å². The molecule has 8 heteroatoms. The van der Waals surface area contributed by atoms with E-state index in [9.17, 15) is 14.4 Å². The first-order valence-corrected chi connectivity index (χ1v) is 8.73. The van der Waals surface area contributed by atoms with Crippen molar-refractivity contribution in [1.29, 1.82) is 0 Å². The summed E-state index contributed by atoms with van der Waals surface area (Å²) in [7, 11) is 0. The number of oxime groups is 1. The number of hydrogen-bond donors (Lipinski definition) is 1. The topological polar surface area (TPSA) is 83.6 Å². The molecule has 0 bridgehead atoms. The van der Waals surface area contributed by atoms with Crippen molar-refractivity contribution in [1.82, 2.24) is 14.5 Å². The number of aromatic nitrogens is 3. The standard InChI is InChI=1S/C19H18FN5O2/c20-8-3-4-10-24-15-6-2-1-5-14(15)22-17(24)12-25-16-11-21-9-7-13(16)18(23-27)19(25)26/h1-2,5-7,9,11,27H,3-4,8,10,12H2/b23-18-. The molecular formula is C19H18FN5O2. The van der Waals surface area contributed by atoms with Crippen molar-refractivity contribution < 1.29 is 14.4 Å². The van der Waals surface area contributed by atoms with Crippen molar-refractivity contribution in [3.63, 3.8) is 0 Å². The summed E-state index contributed by atoms with van der Waals surface area (Å²) >= 11 is 0. The number of nitrogens with zero attached hydrogens (tertiary/aromatic N) is 5. The van der Waals surface area contributed by atoms with Crippen molar-refractivity contribution in [3.8, 4) is 0 Å². The van der Waals surface area contributed by atoms with Gasteiger partial charge < -0.3 is 9.77 Å². The van der Waals surface area contributed by atoms with E-state index in [-0.39, 0.29) is 18.9 Å². The van der Waals surface area contributed by atoms with Crippen molar-refractivity contribution in [2.45, 2.75) is 25.9 Å². The van der Waals surface area contributed by atoms with Crippen LogP contribution in [-0.4, -0.2) is 38.0 Å². The molecule has 4 rings (SSSR count). The Hall–Kier alpha value is -3.29. The number of pyridine rings is 1. The molecule has 0 unspecified atom stereocenters. The highest BCUT2D eigenvalue weighted by molar-refractivity contribution is 6.54. The largest absolute Gasteiger partial charge is 0.410 e. The minimum absolute atomic E-state index is 0.00695. The van der Waals surface area contributed by atoms with Crippen LogP contribution in [0.2, 0.25) is 0 Å². The molecule has 3 heterocycles. The summed E-state index contributed by atoms with van der Waals surface area (Å²) in [6.45, 7) is 0.464. The molecular weight excluding hydrogens is 349 g/mol. The second-order valence-electron chi connectivity index (χ2n) is 6.30. The Labute approximate surface area is 154 Å². The van der Waals surface area contributed by atoms with Crippen LogP contribution in [0.25, 0.3) is 11.0 Å². The number of imidazole rings is 1. The van der Waals surface area contributed by atoms with Gasteiger partial charge in [0.2, 0.25) is 0 Å². The molecule has 3 aromatic rings. The lowest BCUT2D eigenvalue weighted by Crippen LogP contribution is -2.31. The molecule has 0 aliphatic carbocycles. The second kappa shape index (κ2) is 7.14. The molecule has 0 fully saturated rings. The molecule has 1 aromatic carbocycles. The zero-order chi connectivity index (χ0) is 18.8. The fourth-order valence-corrected chi connectivity index (χ4v) is 3.41. The van der Waals surface area contributed by atoms with Gasteiger partial charge in [-0.05, 0) is 31.0 Å². The number of benzene rings is 1. The average molecular weight is 367 g/mol. The van der Waals surface area contributed by atoms with Gasteiger partial charge in [0.25, 0.3) is 5.91 Å². The van der Waals surface area contributed by atoms with E-state index < -0.39 is 5.91 Å². The number of aryl methyl sites for hydroxylation is 1. The van der Waals surface area contributed by atoms with E-state index in [1.165, 1.54) is 4.90 Å². The van der Waals surface area contributed by atoms with Crippen LogP contribution >= 0.6 is 0 Å². The number of para-hydroxylation sites is 2. The molecule has 1 aliphatic rings. The lowest BCUT2D eigenvalue weighted by Gasteiger charge is -2.17. The third-order valence-corrected chi connectivity index (χ3v) is 4.69. The van der Waals surface area contributed by atoms with E-state index in [0.717, 1.165) is 11.0 Å². The van der Waals surface area contributed by atoms with E-state index in [1.807, 2.05) is 28.8 Å². The number of carbonyl (C=O) groups is 1. The van der Waals surface area contributed by atoms with Gasteiger partial charge in [-0.2, -0.15) is 0 Å². The summed E-state index contributed by atoms with van der Waals surface area (Å²) in [5.74, 6) is 0.292. The molecule has 27 heavy (non-hydrogen) atoms. The lowest BCUT2D eigenvalue weighted by atomic mass is 10.2. The van der Waals surface area contributed by atoms with Crippen molar-refractivity contribution in [2.75, 3.05) is 11.6 Å². The molecule has 0 radical (unpaired) electrons. The highest BCUT2D eigenvalue weighted by atomic mass is 19.1. The molecule has 0 spiro atoms. The number of anilines is 1. The van der Waals surface area contributed by atoms with Gasteiger partial charge in [0.1, 0.15) is 5.82 Å². The number of hydrogen-bond acceptors (Lipinski definition) is 5. The minimum Gasteiger partial charge on any atom is -0.410 e. The van der Waals surface area contributed by atoms with Crippen LogP contribution in [0.15, 0.2) is 47.9 Å². The number of alkyl halides is 1. The third kappa shape index (κ3) is 2.92. The van der Waals surface area contributed by atoms with Gasteiger partial charge in [-0.3, -0.25) is 19.1 Å². The van der Waals surface area contributed by atoms with Crippen LogP contribution in [0.1, 0.15) is 24.2 Å². The van der Waals surface area contributed by atoms with Gasteiger partial charge in [0.15, 0.2) is 5.71 Å². The molecule has 7 nitrogen and oxygen atoms in total. The molecule has 1 aliphatic heterocycles. The Bertz CT molecular complexity index is 1030. The maximum Gasteiger partial charge on any atom is 0.281 e. The van der Waals surface area contributed by atoms with Gasteiger partial charge >= 0.3 is 0 Å². The fourth-order valence-electron chi connectivity index (χ4n) is 3.41. The monoisotopic (exact) mass is 367 g/mol. The van der Waals surface area contributed by atoms with Gasteiger partial charge in [-0.15, -0.1) is 0 Å². The number of rotatable bonds is 6. The van der Waals surface area contributed by atoms with E-state index in [0.29, 0.717) is 36.5 Å². The Kier molecular flexibility index (Phi) is 4.53. The van der Waals surface area contributed by atoms with Gasteiger partial charge in [-0.25, -0.2) is 4.98 Å². The van der Waals surface area contributed by atoms with E-state index in [1.54, 1.807) is 18.5 Å². The normalized spacial score (nSPS) is 15.1. The maximum absolute atomic E-state index is 12.7. The first-order valence-electron chi connectivity index (χ1n) is 8.73. The highest BCUT2D eigenvalue weighted by Gasteiger charge is 2.35. The molecule has 0 saturated heterocycles. The van der Waals surface area contributed by atoms with E-state index >= 15 is 0 Å². The summed E-state index contributed by atoms with van der Waals surface area (Å²) < 4.78 is 14.6. The van der Waals surface area contributed by atoms with Gasteiger partial charge in [-0.1, -0.05) is 17.3 Å². The number of unbranched alkanes of at least 4 members (excludes halogenated alkanes) is 1. The van der Waals surface area contributed by atoms with Crippen LogP contribution in [-0.2, 0) is 17.9 Å². The third-order valence-electron chi connectivity index (χ3n) is 4.69. The summed E-state index contributed by atoms with van der Waals surface area (Å²) in [5, 5.41) is 12.4. The Morgan fingerprint density at radius 3 is 2.85 bits per heavy atom. The van der Waals surface area contributed by atoms with Gasteiger partial charge in [0, 0.05) is 18.3 Å². The molecule has 1 amide bonds. The fraction of sp³-hybridized carbons (Fsp3) is 0.263. The molecule has 138 valence electrons. The predicted octanol–water partition coefficient (Wildman–Crippen LogP) is 2.91. The summed E-state index contributed by atoms with van der Waals surface area (Å²) in [6.07, 6.45) is 4.27. The SMILES string of the molecule is O=C1/C(=N\O)c2ccncc2N1Cc1nc2ccccc2n1CCCCF. The molecule has 0 atom stereocenters. The molecule has 0 saturated carbocycles. The zero-order valence-corrected chi connectivity index (χ0v) is 14.5. The first kappa shape index (κ1) is 17.1. The average Bonchev–Trinajstić information content (AvgIpc) is 3.17. The number of amides is 1. The van der Waals surface area contributed by atoms with Crippen molar-refractivity contribution >= 4 is 28.3 Å². The highest BCUT2D eigenvalue weighted by Crippen LogP contribution is 2.30. The van der Waals surface area contributed by atoms with Crippen LogP contribution in [0.4, 0.5) is 10.1 Å². The van der Waals surface area contributed by atoms with Crippen LogP contribution < -0.4 is 4.90 Å². The minimum atomic E-state index is -0.400. The Morgan fingerprint density at radius 1 is 1.19 bits per heavy atom. The number of fused-ring (bicyclic) bond motifs is 2. The van der Waals surface area contributed by atoms with Crippen LogP contribution in [0, 0.1) is 0 Å². The zero-order valence-electron chi connectivity index (χ0n) is 14.5. The first-order chi connectivity index (χ1) is 13.2. The van der Waals surface area contributed by atoms with Crippen LogP contribution in [0.5, 0.6) is 0 Å². The number of carbonyl (C=O) groups excluding carboxylic acids is 1. The quantitative estimate of drug-likeness (QED) is 0.412. The Balaban J connectivity index is 1.73. The summed E-state index contributed by atoms with van der Waals surface area (Å²) in [6, 6.07) is 9.35. The predicted molar refractivity (Wildman–Crippen MR) is 98.7 cm³/mol. The number of halogens is 1.